The smallest absolute Gasteiger partial charge is 0.229 e. The number of aryl methyl sites for hydroxylation is 1. The molecule has 1 N–H and O–H groups in total. The normalized spacial score (nSPS) is 10.5. The molecule has 0 atom stereocenters. The zero-order valence-electron chi connectivity index (χ0n) is 11.4. The Morgan fingerprint density at radius 2 is 2.24 bits per heavy atom. The highest BCUT2D eigenvalue weighted by Crippen LogP contribution is 2.20. The van der Waals surface area contributed by atoms with E-state index in [0.717, 1.165) is 16.1 Å². The Balaban J connectivity index is 1.72. The van der Waals surface area contributed by atoms with E-state index in [4.69, 9.17) is 4.52 Å². The van der Waals surface area contributed by atoms with E-state index in [1.807, 2.05) is 41.8 Å². The summed E-state index contributed by atoms with van der Waals surface area (Å²) >= 11 is 1.57. The van der Waals surface area contributed by atoms with Gasteiger partial charge < -0.3 is 9.84 Å². The maximum Gasteiger partial charge on any atom is 0.229 e. The highest BCUT2D eigenvalue weighted by atomic mass is 32.1. The van der Waals surface area contributed by atoms with E-state index in [1.165, 1.54) is 0 Å². The average molecular weight is 299 g/mol. The third-order valence-electron chi connectivity index (χ3n) is 2.85. The van der Waals surface area contributed by atoms with Gasteiger partial charge in [-0.05, 0) is 23.6 Å². The van der Waals surface area contributed by atoms with Gasteiger partial charge in [-0.25, -0.2) is 0 Å². The lowest BCUT2D eigenvalue weighted by Crippen LogP contribution is -2.13. The molecule has 2 aromatic heterocycles. The third-order valence-corrected chi connectivity index (χ3v) is 3.72. The predicted molar refractivity (Wildman–Crippen MR) is 81.1 cm³/mol. The van der Waals surface area contributed by atoms with Crippen LogP contribution in [0.4, 0.5) is 5.69 Å². The van der Waals surface area contributed by atoms with Crippen LogP contribution in [0.25, 0.3) is 11.4 Å². The topological polar surface area (TPSA) is 68.0 Å². The van der Waals surface area contributed by atoms with Crippen molar-refractivity contribution in [3.05, 3.63) is 52.5 Å². The molecule has 1 amide bonds. The first kappa shape index (κ1) is 13.5. The Morgan fingerprint density at radius 3 is 2.95 bits per heavy atom. The van der Waals surface area contributed by atoms with Gasteiger partial charge in [0.05, 0.1) is 6.42 Å². The molecule has 0 aliphatic rings. The molecular weight excluding hydrogens is 286 g/mol. The number of thiophene rings is 1. The monoisotopic (exact) mass is 299 g/mol. The number of hydrogen-bond acceptors (Lipinski definition) is 5. The van der Waals surface area contributed by atoms with Gasteiger partial charge >= 0.3 is 0 Å². The lowest BCUT2D eigenvalue weighted by Gasteiger charge is -2.05. The molecule has 5 nitrogen and oxygen atoms in total. The maximum absolute atomic E-state index is 12.0. The molecule has 106 valence electrons. The summed E-state index contributed by atoms with van der Waals surface area (Å²) in [7, 11) is 0. The van der Waals surface area contributed by atoms with Gasteiger partial charge in [-0.1, -0.05) is 23.4 Å². The van der Waals surface area contributed by atoms with Crippen LogP contribution >= 0.6 is 11.3 Å². The lowest BCUT2D eigenvalue weighted by atomic mass is 10.2. The zero-order valence-corrected chi connectivity index (χ0v) is 12.2. The second kappa shape index (κ2) is 5.88. The van der Waals surface area contributed by atoms with Crippen LogP contribution in [0, 0.1) is 6.92 Å². The minimum atomic E-state index is -0.0427. The number of aromatic nitrogens is 2. The molecule has 0 fully saturated rings. The molecule has 0 aliphatic carbocycles. The van der Waals surface area contributed by atoms with Crippen molar-refractivity contribution in [2.24, 2.45) is 0 Å². The highest BCUT2D eigenvalue weighted by molar-refractivity contribution is 7.10. The molecule has 1 aromatic carbocycles. The highest BCUT2D eigenvalue weighted by Gasteiger charge is 2.08. The molecule has 0 saturated carbocycles. The van der Waals surface area contributed by atoms with Crippen LogP contribution in [0.5, 0.6) is 0 Å². The quantitative estimate of drug-likeness (QED) is 0.802. The average Bonchev–Trinajstić information content (AvgIpc) is 3.10. The second-order valence-electron chi connectivity index (χ2n) is 4.52. The van der Waals surface area contributed by atoms with Crippen LogP contribution in [-0.4, -0.2) is 16.0 Å². The van der Waals surface area contributed by atoms with Gasteiger partial charge in [0.2, 0.25) is 17.6 Å². The van der Waals surface area contributed by atoms with Gasteiger partial charge in [0.25, 0.3) is 0 Å². The third kappa shape index (κ3) is 3.35. The van der Waals surface area contributed by atoms with Gasteiger partial charge in [0.1, 0.15) is 0 Å². The number of nitrogens with zero attached hydrogens (tertiary/aromatic N) is 2. The van der Waals surface area contributed by atoms with E-state index in [9.17, 15) is 4.79 Å². The van der Waals surface area contributed by atoms with Crippen molar-refractivity contribution in [3.63, 3.8) is 0 Å². The Kier molecular flexibility index (Phi) is 3.79. The molecule has 0 aliphatic heterocycles. The van der Waals surface area contributed by atoms with E-state index >= 15 is 0 Å². The summed E-state index contributed by atoms with van der Waals surface area (Å²) in [6, 6.07) is 11.3. The number of carbonyl (C=O) groups is 1. The Labute approximate surface area is 125 Å². The van der Waals surface area contributed by atoms with E-state index in [1.54, 1.807) is 18.3 Å². The van der Waals surface area contributed by atoms with E-state index in [-0.39, 0.29) is 5.91 Å². The Morgan fingerprint density at radius 1 is 1.33 bits per heavy atom. The first-order valence-corrected chi connectivity index (χ1v) is 7.31. The summed E-state index contributed by atoms with van der Waals surface area (Å²) in [5.74, 6) is 0.984. The van der Waals surface area contributed by atoms with E-state index in [2.05, 4.69) is 15.5 Å². The van der Waals surface area contributed by atoms with Crippen LogP contribution in [0.2, 0.25) is 0 Å². The Hall–Kier alpha value is -2.47. The summed E-state index contributed by atoms with van der Waals surface area (Å²) in [6.07, 6.45) is 0.378. The standard InChI is InChI=1S/C15H13N3O2S/c1-10-16-15(18-20-10)11-4-2-5-12(8-11)17-14(19)9-13-6-3-7-21-13/h2-8H,9H2,1H3,(H,17,19). The number of carbonyl (C=O) groups excluding carboxylic acids is 1. The van der Waals surface area contributed by atoms with Crippen LogP contribution in [-0.2, 0) is 11.2 Å². The van der Waals surface area contributed by atoms with Crippen LogP contribution < -0.4 is 5.32 Å². The van der Waals surface area contributed by atoms with Crippen LogP contribution in [0.1, 0.15) is 10.8 Å². The van der Waals surface area contributed by atoms with Crippen LogP contribution in [0.3, 0.4) is 0 Å². The number of hydrogen-bond donors (Lipinski definition) is 1. The maximum atomic E-state index is 12.0. The minimum Gasteiger partial charge on any atom is -0.339 e. The predicted octanol–water partition coefficient (Wildman–Crippen LogP) is 3.29. The zero-order chi connectivity index (χ0) is 14.7. The van der Waals surface area contributed by atoms with Gasteiger partial charge in [0.15, 0.2) is 0 Å². The van der Waals surface area contributed by atoms with Crippen LogP contribution in [0.15, 0.2) is 46.3 Å². The number of nitrogens with one attached hydrogen (secondary N) is 1. The molecule has 3 rings (SSSR count). The number of amides is 1. The Bertz CT molecular complexity index is 750. The SMILES string of the molecule is Cc1nc(-c2cccc(NC(=O)Cc3cccs3)c2)no1. The molecule has 3 aromatic rings. The molecule has 0 spiro atoms. The van der Waals surface area contributed by atoms with Crippen molar-refractivity contribution in [1.82, 2.24) is 10.1 Å². The van der Waals surface area contributed by atoms with E-state index in [0.29, 0.717) is 18.1 Å². The minimum absolute atomic E-state index is 0.0427. The molecule has 0 bridgehead atoms. The number of rotatable bonds is 4. The fourth-order valence-corrected chi connectivity index (χ4v) is 2.63. The summed E-state index contributed by atoms with van der Waals surface area (Å²) in [4.78, 5) is 17.2. The van der Waals surface area contributed by atoms with Crippen molar-refractivity contribution in [2.45, 2.75) is 13.3 Å². The molecule has 21 heavy (non-hydrogen) atoms. The number of benzene rings is 1. The van der Waals surface area contributed by atoms with Gasteiger partial charge in [-0.3, -0.25) is 4.79 Å². The fraction of sp³-hybridized carbons (Fsp3) is 0.133. The second-order valence-corrected chi connectivity index (χ2v) is 5.55. The van der Waals surface area contributed by atoms with Gasteiger partial charge in [0, 0.05) is 23.1 Å². The van der Waals surface area contributed by atoms with Gasteiger partial charge in [-0.2, -0.15) is 4.98 Å². The summed E-state index contributed by atoms with van der Waals surface area (Å²) < 4.78 is 4.96. The van der Waals surface area contributed by atoms with Crippen molar-refractivity contribution < 1.29 is 9.32 Å². The van der Waals surface area contributed by atoms with E-state index < -0.39 is 0 Å². The summed E-state index contributed by atoms with van der Waals surface area (Å²) in [6.45, 7) is 1.74. The first-order valence-electron chi connectivity index (χ1n) is 6.44. The molecule has 0 radical (unpaired) electrons. The van der Waals surface area contributed by atoms with Crippen molar-refractivity contribution in [3.8, 4) is 11.4 Å². The van der Waals surface area contributed by atoms with Crippen molar-refractivity contribution >= 4 is 22.9 Å². The molecule has 0 unspecified atom stereocenters. The van der Waals surface area contributed by atoms with Gasteiger partial charge in [-0.15, -0.1) is 11.3 Å². The van der Waals surface area contributed by atoms with Crippen molar-refractivity contribution in [2.75, 3.05) is 5.32 Å². The largest absolute Gasteiger partial charge is 0.339 e. The van der Waals surface area contributed by atoms with Crippen molar-refractivity contribution in [1.29, 1.82) is 0 Å². The molecular formula is C15H13N3O2S. The summed E-state index contributed by atoms with van der Waals surface area (Å²) in [5.41, 5.74) is 1.53. The summed E-state index contributed by atoms with van der Waals surface area (Å²) in [5, 5.41) is 8.71. The molecule has 2 heterocycles. The number of anilines is 1. The first-order chi connectivity index (χ1) is 10.2. The fourth-order valence-electron chi connectivity index (χ4n) is 1.93. The molecule has 0 saturated heterocycles. The lowest BCUT2D eigenvalue weighted by molar-refractivity contribution is -0.115. The molecule has 6 heteroatoms.